The molecule has 1 aromatic rings. The zero-order chi connectivity index (χ0) is 19.9. The second kappa shape index (κ2) is 10.4. The van der Waals surface area contributed by atoms with Gasteiger partial charge in [0.15, 0.2) is 0 Å². The fourth-order valence-electron chi connectivity index (χ4n) is 4.30. The van der Waals surface area contributed by atoms with Gasteiger partial charge in [-0.05, 0) is 75.4 Å². The zero-order valence-electron chi connectivity index (χ0n) is 17.2. The number of ether oxygens (including phenoxy) is 2. The van der Waals surface area contributed by atoms with Crippen LogP contribution in [0.5, 0.6) is 5.75 Å². The molecule has 156 valence electrons. The van der Waals surface area contributed by atoms with Crippen LogP contribution in [0, 0.1) is 11.8 Å². The van der Waals surface area contributed by atoms with Crippen LogP contribution in [0.15, 0.2) is 18.2 Å². The third-order valence-electron chi connectivity index (χ3n) is 5.73. The van der Waals surface area contributed by atoms with Crippen molar-refractivity contribution in [1.29, 1.82) is 0 Å². The second-order valence-corrected chi connectivity index (χ2v) is 8.43. The van der Waals surface area contributed by atoms with Gasteiger partial charge >= 0.3 is 6.09 Å². The molecule has 1 amide bonds. The summed E-state index contributed by atoms with van der Waals surface area (Å²) >= 11 is 6.41. The molecule has 28 heavy (non-hydrogen) atoms. The summed E-state index contributed by atoms with van der Waals surface area (Å²) in [6.07, 6.45) is 4.20. The average Bonchev–Trinajstić information content (AvgIpc) is 2.69. The summed E-state index contributed by atoms with van der Waals surface area (Å²) in [5, 5.41) is 0.839. The summed E-state index contributed by atoms with van der Waals surface area (Å²) in [5.41, 5.74) is 1.19. The number of cyclic esters (lactones) is 1. The third kappa shape index (κ3) is 5.77. The van der Waals surface area contributed by atoms with Crippen LogP contribution in [-0.4, -0.2) is 61.8 Å². The average molecular weight is 409 g/mol. The van der Waals surface area contributed by atoms with Crippen molar-refractivity contribution in [2.24, 2.45) is 11.8 Å². The van der Waals surface area contributed by atoms with Crippen LogP contribution in [0.1, 0.15) is 38.7 Å². The normalized spacial score (nSPS) is 21.6. The van der Waals surface area contributed by atoms with Gasteiger partial charge in [-0.3, -0.25) is 0 Å². The van der Waals surface area contributed by atoms with Crippen LogP contribution in [-0.2, 0) is 11.2 Å². The number of carbonyl (C=O) groups is 1. The predicted molar refractivity (Wildman–Crippen MR) is 112 cm³/mol. The van der Waals surface area contributed by atoms with Crippen LogP contribution < -0.4 is 4.74 Å². The van der Waals surface area contributed by atoms with E-state index in [1.807, 2.05) is 24.0 Å². The van der Waals surface area contributed by atoms with Gasteiger partial charge in [-0.2, -0.15) is 0 Å². The Bertz CT molecular complexity index is 647. The minimum atomic E-state index is -0.150. The number of amides is 1. The van der Waals surface area contributed by atoms with Gasteiger partial charge in [-0.15, -0.1) is 0 Å². The fraction of sp³-hybridized carbons (Fsp3) is 0.682. The van der Waals surface area contributed by atoms with E-state index in [-0.39, 0.29) is 6.09 Å². The standard InChI is InChI=1S/C22H33ClN2O3/c1-3-9-25-15-18(16-28-22(25)26)14-24-10-7-17(8-11-24)12-19-13-20(27-4-2)5-6-21(19)23/h5-6,13,17-18H,3-4,7-12,14-16H2,1-2H3. The SMILES string of the molecule is CCCN1CC(CN2CCC(Cc3cc(OCC)ccc3Cl)CC2)COC1=O. The quantitative estimate of drug-likeness (QED) is 0.636. The molecular formula is C22H33ClN2O3. The Hall–Kier alpha value is -1.46. The highest BCUT2D eigenvalue weighted by Crippen LogP contribution is 2.29. The predicted octanol–water partition coefficient (Wildman–Crippen LogP) is 4.47. The van der Waals surface area contributed by atoms with Crippen LogP contribution in [0.25, 0.3) is 0 Å². The molecule has 0 radical (unpaired) electrons. The van der Waals surface area contributed by atoms with Crippen molar-refractivity contribution in [3.05, 3.63) is 28.8 Å². The van der Waals surface area contributed by atoms with E-state index in [1.165, 1.54) is 18.4 Å². The molecule has 2 aliphatic heterocycles. The molecule has 2 fully saturated rings. The van der Waals surface area contributed by atoms with Crippen molar-refractivity contribution in [2.75, 3.05) is 45.9 Å². The van der Waals surface area contributed by atoms with Gasteiger partial charge in [-0.25, -0.2) is 4.79 Å². The number of carbonyl (C=O) groups excluding carboxylic acids is 1. The lowest BCUT2D eigenvalue weighted by Crippen LogP contribution is -2.48. The van der Waals surface area contributed by atoms with E-state index in [9.17, 15) is 4.79 Å². The minimum Gasteiger partial charge on any atom is -0.494 e. The highest BCUT2D eigenvalue weighted by Gasteiger charge is 2.29. The molecule has 0 aliphatic carbocycles. The molecule has 3 rings (SSSR count). The molecule has 5 nitrogen and oxygen atoms in total. The largest absolute Gasteiger partial charge is 0.494 e. The summed E-state index contributed by atoms with van der Waals surface area (Å²) in [5.74, 6) is 1.98. The minimum absolute atomic E-state index is 0.150. The molecule has 0 aromatic heterocycles. The molecule has 0 spiro atoms. The summed E-state index contributed by atoms with van der Waals surface area (Å²) in [7, 11) is 0. The first-order valence-electron chi connectivity index (χ1n) is 10.6. The Balaban J connectivity index is 1.46. The Morgan fingerprint density at radius 1 is 1.21 bits per heavy atom. The molecule has 0 saturated carbocycles. The maximum Gasteiger partial charge on any atom is 0.409 e. The van der Waals surface area contributed by atoms with Gasteiger partial charge in [0.25, 0.3) is 0 Å². The first-order chi connectivity index (χ1) is 13.6. The summed E-state index contributed by atoms with van der Waals surface area (Å²) in [6, 6.07) is 5.98. The summed E-state index contributed by atoms with van der Waals surface area (Å²) < 4.78 is 11.0. The fourth-order valence-corrected chi connectivity index (χ4v) is 4.49. The van der Waals surface area contributed by atoms with E-state index in [2.05, 4.69) is 17.9 Å². The molecule has 1 atom stereocenters. The van der Waals surface area contributed by atoms with Crippen molar-refractivity contribution >= 4 is 17.7 Å². The Labute approximate surface area is 173 Å². The topological polar surface area (TPSA) is 42.0 Å². The van der Waals surface area contributed by atoms with E-state index in [0.717, 1.165) is 56.3 Å². The van der Waals surface area contributed by atoms with E-state index in [0.29, 0.717) is 25.0 Å². The number of rotatable bonds is 8. The third-order valence-corrected chi connectivity index (χ3v) is 6.10. The number of halogens is 1. The lowest BCUT2D eigenvalue weighted by atomic mass is 9.89. The monoisotopic (exact) mass is 408 g/mol. The van der Waals surface area contributed by atoms with E-state index in [1.54, 1.807) is 0 Å². The summed E-state index contributed by atoms with van der Waals surface area (Å²) in [4.78, 5) is 16.2. The smallest absolute Gasteiger partial charge is 0.409 e. The van der Waals surface area contributed by atoms with Gasteiger partial charge < -0.3 is 19.3 Å². The lowest BCUT2D eigenvalue weighted by Gasteiger charge is -2.37. The van der Waals surface area contributed by atoms with Gasteiger partial charge in [-0.1, -0.05) is 18.5 Å². The molecule has 0 N–H and O–H groups in total. The maximum absolute atomic E-state index is 11.8. The van der Waals surface area contributed by atoms with Crippen LogP contribution in [0.4, 0.5) is 4.79 Å². The first kappa shape index (κ1) is 21.3. The number of benzene rings is 1. The Morgan fingerprint density at radius 3 is 2.71 bits per heavy atom. The van der Waals surface area contributed by atoms with Crippen LogP contribution >= 0.6 is 11.6 Å². The van der Waals surface area contributed by atoms with Crippen LogP contribution in [0.2, 0.25) is 5.02 Å². The summed E-state index contributed by atoms with van der Waals surface area (Å²) in [6.45, 7) is 10.2. The van der Waals surface area contributed by atoms with Crippen molar-refractivity contribution in [3.63, 3.8) is 0 Å². The first-order valence-corrected chi connectivity index (χ1v) is 11.0. The number of hydrogen-bond acceptors (Lipinski definition) is 4. The number of nitrogens with zero attached hydrogens (tertiary/aromatic N) is 2. The van der Waals surface area contributed by atoms with E-state index >= 15 is 0 Å². The molecule has 2 aliphatic rings. The van der Waals surface area contributed by atoms with E-state index < -0.39 is 0 Å². The maximum atomic E-state index is 11.8. The number of piperidine rings is 1. The van der Waals surface area contributed by atoms with Gasteiger partial charge in [0.05, 0.1) is 13.2 Å². The number of likely N-dealkylation sites (tertiary alicyclic amines) is 1. The van der Waals surface area contributed by atoms with Gasteiger partial charge in [0.2, 0.25) is 0 Å². The van der Waals surface area contributed by atoms with Gasteiger partial charge in [0, 0.05) is 30.6 Å². The Morgan fingerprint density at radius 2 is 2.00 bits per heavy atom. The molecule has 6 heteroatoms. The van der Waals surface area contributed by atoms with Gasteiger partial charge in [0.1, 0.15) is 5.75 Å². The molecule has 1 unspecified atom stereocenters. The molecule has 0 bridgehead atoms. The molecule has 2 heterocycles. The lowest BCUT2D eigenvalue weighted by molar-refractivity contribution is 0.0269. The van der Waals surface area contributed by atoms with Crippen molar-refractivity contribution in [3.8, 4) is 5.75 Å². The number of hydrogen-bond donors (Lipinski definition) is 0. The molecule has 1 aromatic carbocycles. The second-order valence-electron chi connectivity index (χ2n) is 8.02. The Kier molecular flexibility index (Phi) is 7.86. The van der Waals surface area contributed by atoms with Crippen molar-refractivity contribution in [2.45, 2.75) is 39.5 Å². The highest BCUT2D eigenvalue weighted by atomic mass is 35.5. The highest BCUT2D eigenvalue weighted by molar-refractivity contribution is 6.31. The van der Waals surface area contributed by atoms with Crippen LogP contribution in [0.3, 0.4) is 0 Å². The van der Waals surface area contributed by atoms with Crippen molar-refractivity contribution in [1.82, 2.24) is 9.80 Å². The molecular weight excluding hydrogens is 376 g/mol. The zero-order valence-corrected chi connectivity index (χ0v) is 17.9. The van der Waals surface area contributed by atoms with Crippen molar-refractivity contribution < 1.29 is 14.3 Å². The molecule has 2 saturated heterocycles. The van der Waals surface area contributed by atoms with E-state index in [4.69, 9.17) is 21.1 Å².